The van der Waals surface area contributed by atoms with E-state index < -0.39 is 0 Å². The van der Waals surface area contributed by atoms with Crippen LogP contribution in [0.5, 0.6) is 0 Å². The molecule has 5 aromatic carbocycles. The number of benzene rings is 5. The van der Waals surface area contributed by atoms with Crippen LogP contribution in [0.15, 0.2) is 124 Å². The molecule has 0 aliphatic carbocycles. The van der Waals surface area contributed by atoms with Crippen molar-refractivity contribution in [3.63, 3.8) is 0 Å². The van der Waals surface area contributed by atoms with Crippen molar-refractivity contribution >= 4 is 61.9 Å². The summed E-state index contributed by atoms with van der Waals surface area (Å²) in [6.07, 6.45) is 8.38. The molecule has 0 saturated carbocycles. The Bertz CT molecular complexity index is 2890. The number of hydrogen-bond acceptors (Lipinski definition) is 5. The van der Waals surface area contributed by atoms with E-state index in [-0.39, 0.29) is 7.43 Å². The van der Waals surface area contributed by atoms with Crippen LogP contribution in [0.2, 0.25) is 0 Å². The zero-order valence-corrected chi connectivity index (χ0v) is 26.6. The highest BCUT2D eigenvalue weighted by Gasteiger charge is 2.21. The number of furan rings is 2. The number of fused-ring (bicyclic) bond motifs is 11. The van der Waals surface area contributed by atoms with Gasteiger partial charge in [0.1, 0.15) is 22.7 Å². The van der Waals surface area contributed by atoms with Gasteiger partial charge < -0.3 is 19.1 Å². The van der Waals surface area contributed by atoms with E-state index in [2.05, 4.69) is 142 Å². The molecule has 1 N–H and O–H groups in total. The minimum absolute atomic E-state index is 0. The smallest absolute Gasteiger partial charge is 0.220 e. The highest BCUT2D eigenvalue weighted by atomic mass is 16.3. The maximum Gasteiger partial charge on any atom is 0.220 e. The molecular weight excluding hydrogens is 619 g/mol. The second-order valence-corrected chi connectivity index (χ2v) is 13.1. The number of nitrogens with one attached hydrogen (secondary N) is 1. The topological polar surface area (TPSA) is 63.8 Å². The molecule has 7 nitrogen and oxygen atoms in total. The molecule has 7 heteroatoms. The molecule has 11 rings (SSSR count). The normalized spacial score (nSPS) is 13.7. The maximum absolute atomic E-state index is 6.30. The molecule has 0 unspecified atom stereocenters. The Balaban J connectivity index is 0.00000316. The van der Waals surface area contributed by atoms with Gasteiger partial charge in [-0.2, -0.15) is 0 Å². The predicted octanol–water partition coefficient (Wildman–Crippen LogP) is 10.4. The second kappa shape index (κ2) is 10.5. The molecular formula is C43H33N5O2. The van der Waals surface area contributed by atoms with E-state index in [1.165, 1.54) is 0 Å². The van der Waals surface area contributed by atoms with Gasteiger partial charge in [-0.25, -0.2) is 4.98 Å². The first-order valence-corrected chi connectivity index (χ1v) is 16.6. The molecule has 242 valence electrons. The van der Waals surface area contributed by atoms with E-state index in [1.807, 2.05) is 12.3 Å². The average molecular weight is 652 g/mol. The van der Waals surface area contributed by atoms with Crippen LogP contribution in [-0.4, -0.2) is 25.9 Å². The third-order valence-corrected chi connectivity index (χ3v) is 10.1. The van der Waals surface area contributed by atoms with Crippen molar-refractivity contribution in [2.24, 2.45) is 0 Å². The van der Waals surface area contributed by atoms with E-state index in [1.54, 1.807) is 0 Å². The lowest BCUT2D eigenvalue weighted by Gasteiger charge is -2.16. The Labute approximate surface area is 288 Å². The van der Waals surface area contributed by atoms with Crippen LogP contribution in [0.3, 0.4) is 0 Å². The van der Waals surface area contributed by atoms with Gasteiger partial charge in [0.05, 0.1) is 40.8 Å². The molecule has 0 fully saturated rings. The Kier molecular flexibility index (Phi) is 6.00. The standard InChI is InChI=1S/C42H29N5O2.CH4/c1-45-17-15-31-33-22-26(11-13-39(33)49-41(31)24-45)28-18-27(25-10-12-38-32(21-25)30-14-16-43-23-40(30)48-38)19-29(20-28)46-36-8-4-5-9-37(36)47-35-7-3-2-6-34(35)44-42(46)47;/h2-22,43H,23-24H2,1H3;1H4. The van der Waals surface area contributed by atoms with E-state index in [9.17, 15) is 0 Å². The van der Waals surface area contributed by atoms with Gasteiger partial charge in [-0.3, -0.25) is 8.97 Å². The van der Waals surface area contributed by atoms with Crippen molar-refractivity contribution in [3.05, 3.63) is 138 Å². The Morgan fingerprint density at radius 3 is 2.08 bits per heavy atom. The Morgan fingerprint density at radius 2 is 1.32 bits per heavy atom. The largest absolute Gasteiger partial charge is 0.459 e. The van der Waals surface area contributed by atoms with E-state index >= 15 is 0 Å². The molecule has 0 spiro atoms. The van der Waals surface area contributed by atoms with Crippen LogP contribution in [0, 0.1) is 0 Å². The van der Waals surface area contributed by atoms with Crippen LogP contribution in [0.4, 0.5) is 0 Å². The SMILES string of the molecule is C.CN1C=Cc2c(oc3ccc(-c4cc(-c5ccc6oc7c(c6c5)C=CNC7)cc(-n5c6ccccc6n6c7ccccc7nc56)c4)cc23)C1. The lowest BCUT2D eigenvalue weighted by molar-refractivity contribution is 0.388. The van der Waals surface area contributed by atoms with Gasteiger partial charge in [0.25, 0.3) is 0 Å². The van der Waals surface area contributed by atoms with Gasteiger partial charge in [-0.1, -0.05) is 43.8 Å². The van der Waals surface area contributed by atoms with Gasteiger partial charge in [0, 0.05) is 28.9 Å². The van der Waals surface area contributed by atoms with Gasteiger partial charge in [0.2, 0.25) is 5.78 Å². The number of aromatic nitrogens is 3. The zero-order valence-electron chi connectivity index (χ0n) is 26.6. The minimum Gasteiger partial charge on any atom is -0.459 e. The first-order chi connectivity index (χ1) is 24.2. The molecule has 6 heterocycles. The maximum atomic E-state index is 6.30. The van der Waals surface area contributed by atoms with Gasteiger partial charge in [-0.05, 0) is 114 Å². The number of rotatable bonds is 3. The first kappa shape index (κ1) is 28.5. The van der Waals surface area contributed by atoms with Crippen LogP contribution in [0.1, 0.15) is 30.1 Å². The summed E-state index contributed by atoms with van der Waals surface area (Å²) in [6, 6.07) is 36.9. The lowest BCUT2D eigenvalue weighted by atomic mass is 9.95. The third-order valence-electron chi connectivity index (χ3n) is 10.1. The molecule has 0 amide bonds. The van der Waals surface area contributed by atoms with Crippen molar-refractivity contribution in [1.29, 1.82) is 0 Å². The van der Waals surface area contributed by atoms with Gasteiger partial charge in [0.15, 0.2) is 0 Å². The Morgan fingerprint density at radius 1 is 0.660 bits per heavy atom. The quantitative estimate of drug-likeness (QED) is 0.206. The lowest BCUT2D eigenvalue weighted by Crippen LogP contribution is -2.12. The molecule has 0 bridgehead atoms. The summed E-state index contributed by atoms with van der Waals surface area (Å²) in [5.41, 5.74) is 13.9. The van der Waals surface area contributed by atoms with Crippen molar-refractivity contribution in [2.45, 2.75) is 20.5 Å². The fourth-order valence-corrected chi connectivity index (χ4v) is 7.76. The fourth-order valence-electron chi connectivity index (χ4n) is 7.76. The summed E-state index contributed by atoms with van der Waals surface area (Å²) in [7, 11) is 2.07. The Hall–Kier alpha value is -6.47. The molecule has 0 radical (unpaired) electrons. The predicted molar refractivity (Wildman–Crippen MR) is 203 cm³/mol. The average Bonchev–Trinajstić information content (AvgIpc) is 3.88. The summed E-state index contributed by atoms with van der Waals surface area (Å²) in [5, 5.41) is 5.52. The van der Waals surface area contributed by atoms with Crippen LogP contribution < -0.4 is 5.32 Å². The molecule has 0 atom stereocenters. The number of imidazole rings is 2. The third kappa shape index (κ3) is 4.07. The molecule has 2 aliphatic rings. The van der Waals surface area contributed by atoms with E-state index in [4.69, 9.17) is 13.8 Å². The molecule has 4 aromatic heterocycles. The highest BCUT2D eigenvalue weighted by Crippen LogP contribution is 2.39. The minimum atomic E-state index is 0. The summed E-state index contributed by atoms with van der Waals surface area (Å²) in [4.78, 5) is 7.32. The highest BCUT2D eigenvalue weighted by molar-refractivity contribution is 5.96. The van der Waals surface area contributed by atoms with Crippen molar-refractivity contribution in [3.8, 4) is 27.9 Å². The monoisotopic (exact) mass is 651 g/mol. The van der Waals surface area contributed by atoms with Crippen LogP contribution in [0.25, 0.3) is 89.9 Å². The number of para-hydroxylation sites is 4. The summed E-state index contributed by atoms with van der Waals surface area (Å²) in [6.45, 7) is 1.45. The molecule has 50 heavy (non-hydrogen) atoms. The zero-order chi connectivity index (χ0) is 32.2. The molecule has 2 aliphatic heterocycles. The summed E-state index contributed by atoms with van der Waals surface area (Å²) >= 11 is 0. The van der Waals surface area contributed by atoms with Crippen molar-refractivity contribution < 1.29 is 8.83 Å². The molecule has 0 saturated heterocycles. The van der Waals surface area contributed by atoms with Gasteiger partial charge >= 0.3 is 0 Å². The second-order valence-electron chi connectivity index (χ2n) is 13.1. The van der Waals surface area contributed by atoms with E-state index in [0.29, 0.717) is 6.54 Å². The van der Waals surface area contributed by atoms with E-state index in [0.717, 1.165) is 107 Å². The molecule has 9 aromatic rings. The van der Waals surface area contributed by atoms with Gasteiger partial charge in [-0.15, -0.1) is 0 Å². The van der Waals surface area contributed by atoms with Crippen molar-refractivity contribution in [1.82, 2.24) is 24.2 Å². The number of nitrogens with zero attached hydrogens (tertiary/aromatic N) is 4. The van der Waals surface area contributed by atoms with Crippen LogP contribution in [-0.2, 0) is 13.1 Å². The van der Waals surface area contributed by atoms with Crippen LogP contribution >= 0.6 is 0 Å². The summed E-state index contributed by atoms with van der Waals surface area (Å²) < 4.78 is 17.1. The van der Waals surface area contributed by atoms with Crippen molar-refractivity contribution in [2.75, 3.05) is 7.05 Å². The fraction of sp³-hybridized carbons (Fsp3) is 0.0930. The summed E-state index contributed by atoms with van der Waals surface area (Å²) in [5.74, 6) is 2.85. The first-order valence-electron chi connectivity index (χ1n) is 16.6. The number of hydrogen-bond donors (Lipinski definition) is 1.